The highest BCUT2D eigenvalue weighted by atomic mass is 32.2. The summed E-state index contributed by atoms with van der Waals surface area (Å²) in [7, 11) is -3.65. The highest BCUT2D eigenvalue weighted by Crippen LogP contribution is 2.57. The Kier molecular flexibility index (Phi) is 4.32. The van der Waals surface area contributed by atoms with Gasteiger partial charge in [-0.3, -0.25) is 4.79 Å². The van der Waals surface area contributed by atoms with Crippen molar-refractivity contribution < 1.29 is 13.2 Å². The van der Waals surface area contributed by atoms with Crippen molar-refractivity contribution in [1.29, 1.82) is 0 Å². The fourth-order valence-corrected chi connectivity index (χ4v) is 5.84. The molecule has 2 aromatic rings. The summed E-state index contributed by atoms with van der Waals surface area (Å²) in [5.41, 5.74) is 0.267. The van der Waals surface area contributed by atoms with Gasteiger partial charge in [-0.1, -0.05) is 48.5 Å². The van der Waals surface area contributed by atoms with E-state index in [9.17, 15) is 13.2 Å². The molecule has 1 amide bonds. The fraction of sp³-hybridized carbons (Fsp3) is 0.350. The molecule has 1 heterocycles. The van der Waals surface area contributed by atoms with Crippen LogP contribution in [0.15, 0.2) is 65.6 Å². The van der Waals surface area contributed by atoms with E-state index in [0.29, 0.717) is 19.5 Å². The maximum atomic E-state index is 13.0. The lowest BCUT2D eigenvalue weighted by molar-refractivity contribution is -0.125. The molecule has 136 valence electrons. The minimum absolute atomic E-state index is 0.137. The first-order chi connectivity index (χ1) is 12.5. The molecular weight excluding hydrogens is 348 g/mol. The van der Waals surface area contributed by atoms with Crippen molar-refractivity contribution in [3.63, 3.8) is 0 Å². The Morgan fingerprint density at radius 1 is 1.08 bits per heavy atom. The van der Waals surface area contributed by atoms with Crippen LogP contribution in [0.1, 0.15) is 18.4 Å². The van der Waals surface area contributed by atoms with Gasteiger partial charge in [0.1, 0.15) is 5.54 Å². The van der Waals surface area contributed by atoms with Crippen LogP contribution in [0.25, 0.3) is 0 Å². The van der Waals surface area contributed by atoms with Crippen molar-refractivity contribution in [3.05, 3.63) is 66.2 Å². The van der Waals surface area contributed by atoms with Crippen LogP contribution in [0, 0.1) is 5.92 Å². The summed E-state index contributed by atoms with van der Waals surface area (Å²) < 4.78 is 27.5. The Labute approximate surface area is 154 Å². The molecule has 2 atom stereocenters. The maximum Gasteiger partial charge on any atom is 0.244 e. The average Bonchev–Trinajstić information content (AvgIpc) is 3.27. The van der Waals surface area contributed by atoms with Crippen LogP contribution >= 0.6 is 0 Å². The van der Waals surface area contributed by atoms with E-state index in [-0.39, 0.29) is 16.7 Å². The zero-order chi connectivity index (χ0) is 18.2. The molecule has 1 saturated heterocycles. The van der Waals surface area contributed by atoms with Gasteiger partial charge in [0, 0.05) is 13.1 Å². The Morgan fingerprint density at radius 2 is 1.73 bits per heavy atom. The van der Waals surface area contributed by atoms with Crippen LogP contribution in [-0.2, 0) is 21.2 Å². The fourth-order valence-electron chi connectivity index (χ4n) is 4.00. The van der Waals surface area contributed by atoms with Gasteiger partial charge in [-0.15, -0.1) is 0 Å². The Bertz CT molecular complexity index is 899. The van der Waals surface area contributed by atoms with Crippen LogP contribution < -0.4 is 5.32 Å². The second-order valence-electron chi connectivity index (χ2n) is 7.00. The molecule has 1 aliphatic heterocycles. The molecule has 0 aromatic heterocycles. The minimum atomic E-state index is -3.65. The van der Waals surface area contributed by atoms with Gasteiger partial charge >= 0.3 is 0 Å². The van der Waals surface area contributed by atoms with Gasteiger partial charge in [0.2, 0.25) is 15.9 Å². The van der Waals surface area contributed by atoms with Crippen molar-refractivity contribution in [2.45, 2.75) is 29.7 Å². The second kappa shape index (κ2) is 6.52. The molecule has 2 aromatic carbocycles. The molecule has 5 nitrogen and oxygen atoms in total. The molecule has 1 saturated carbocycles. The van der Waals surface area contributed by atoms with Gasteiger partial charge in [0.25, 0.3) is 0 Å². The molecule has 0 radical (unpaired) electrons. The van der Waals surface area contributed by atoms with Crippen molar-refractivity contribution in [2.24, 2.45) is 5.92 Å². The zero-order valence-corrected chi connectivity index (χ0v) is 15.3. The summed E-state index contributed by atoms with van der Waals surface area (Å²) in [4.78, 5) is 13.1. The van der Waals surface area contributed by atoms with Crippen molar-refractivity contribution in [2.75, 3.05) is 13.1 Å². The second-order valence-corrected chi connectivity index (χ2v) is 8.86. The van der Waals surface area contributed by atoms with Crippen LogP contribution in [-0.4, -0.2) is 37.3 Å². The van der Waals surface area contributed by atoms with E-state index in [1.165, 1.54) is 4.31 Å². The third kappa shape index (κ3) is 2.83. The number of amides is 1. The molecule has 2 fully saturated rings. The standard InChI is InChI=1S/C20H22N2O3S/c23-19(21-13-11-16-7-3-1-4-8-16)20-15-17(20)12-14-22(20)26(24,25)18-9-5-2-6-10-18/h1-10,17H,11-15H2,(H,21,23). The molecule has 1 N–H and O–H groups in total. The Balaban J connectivity index is 1.48. The molecule has 2 aliphatic rings. The molecular formula is C20H22N2O3S. The zero-order valence-electron chi connectivity index (χ0n) is 14.5. The summed E-state index contributed by atoms with van der Waals surface area (Å²) in [5.74, 6) is -0.0202. The lowest BCUT2D eigenvalue weighted by atomic mass is 10.1. The molecule has 2 unspecified atom stereocenters. The van der Waals surface area contributed by atoms with Crippen LogP contribution in [0.4, 0.5) is 0 Å². The van der Waals surface area contributed by atoms with Crippen molar-refractivity contribution in [3.8, 4) is 0 Å². The van der Waals surface area contributed by atoms with Crippen LogP contribution in [0.3, 0.4) is 0 Å². The number of carbonyl (C=O) groups excluding carboxylic acids is 1. The van der Waals surface area contributed by atoms with Crippen molar-refractivity contribution in [1.82, 2.24) is 9.62 Å². The third-order valence-corrected chi connectivity index (χ3v) is 7.42. The third-order valence-electron chi connectivity index (χ3n) is 5.47. The number of hydrogen-bond acceptors (Lipinski definition) is 3. The smallest absolute Gasteiger partial charge is 0.244 e. The number of carbonyl (C=O) groups is 1. The maximum absolute atomic E-state index is 13.0. The topological polar surface area (TPSA) is 66.5 Å². The molecule has 6 heteroatoms. The number of fused-ring (bicyclic) bond motifs is 1. The Morgan fingerprint density at radius 3 is 2.38 bits per heavy atom. The molecule has 0 bridgehead atoms. The molecule has 1 aliphatic carbocycles. The van der Waals surface area contributed by atoms with Crippen LogP contribution in [0.2, 0.25) is 0 Å². The summed E-state index contributed by atoms with van der Waals surface area (Å²) in [6.45, 7) is 0.921. The number of sulfonamides is 1. The van der Waals surface area contributed by atoms with Gasteiger partial charge in [-0.05, 0) is 42.9 Å². The van der Waals surface area contributed by atoms with Crippen molar-refractivity contribution >= 4 is 15.9 Å². The number of piperidine rings is 1. The van der Waals surface area contributed by atoms with Crippen LogP contribution in [0.5, 0.6) is 0 Å². The molecule has 0 spiro atoms. The first kappa shape index (κ1) is 17.2. The van der Waals surface area contributed by atoms with E-state index in [2.05, 4.69) is 5.32 Å². The van der Waals surface area contributed by atoms with E-state index in [1.807, 2.05) is 30.3 Å². The molecule has 4 rings (SSSR count). The van der Waals surface area contributed by atoms with Gasteiger partial charge in [0.05, 0.1) is 4.90 Å². The first-order valence-electron chi connectivity index (χ1n) is 8.95. The van der Waals surface area contributed by atoms with E-state index in [4.69, 9.17) is 0 Å². The average molecular weight is 370 g/mol. The monoisotopic (exact) mass is 370 g/mol. The highest BCUT2D eigenvalue weighted by Gasteiger charge is 2.70. The summed E-state index contributed by atoms with van der Waals surface area (Å²) in [5, 5.41) is 2.96. The highest BCUT2D eigenvalue weighted by molar-refractivity contribution is 7.89. The predicted molar refractivity (Wildman–Crippen MR) is 98.9 cm³/mol. The number of nitrogens with one attached hydrogen (secondary N) is 1. The van der Waals surface area contributed by atoms with Gasteiger partial charge in [0.15, 0.2) is 0 Å². The predicted octanol–water partition coefficient (Wildman–Crippen LogP) is 2.20. The molecule has 26 heavy (non-hydrogen) atoms. The number of benzene rings is 2. The summed E-state index contributed by atoms with van der Waals surface area (Å²) >= 11 is 0. The minimum Gasteiger partial charge on any atom is -0.354 e. The van der Waals surface area contributed by atoms with Gasteiger partial charge < -0.3 is 5.32 Å². The van der Waals surface area contributed by atoms with E-state index >= 15 is 0 Å². The normalized spacial score (nSPS) is 24.8. The van der Waals surface area contributed by atoms with E-state index in [1.54, 1.807) is 30.3 Å². The van der Waals surface area contributed by atoms with Gasteiger partial charge in [-0.25, -0.2) is 8.42 Å². The van der Waals surface area contributed by atoms with E-state index in [0.717, 1.165) is 18.4 Å². The summed E-state index contributed by atoms with van der Waals surface area (Å²) in [6.07, 6.45) is 2.10. The lowest BCUT2D eigenvalue weighted by Gasteiger charge is -2.26. The summed E-state index contributed by atoms with van der Waals surface area (Å²) in [6, 6.07) is 18.3. The van der Waals surface area contributed by atoms with E-state index < -0.39 is 15.6 Å². The lowest BCUT2D eigenvalue weighted by Crippen LogP contribution is -2.50. The quantitative estimate of drug-likeness (QED) is 0.848. The first-order valence-corrected chi connectivity index (χ1v) is 10.4. The van der Waals surface area contributed by atoms with Gasteiger partial charge in [-0.2, -0.15) is 4.31 Å². The Hall–Kier alpha value is -2.18. The largest absolute Gasteiger partial charge is 0.354 e. The number of hydrogen-bond donors (Lipinski definition) is 1. The SMILES string of the molecule is O=C(NCCc1ccccc1)C12CC1CCN2S(=O)(=O)c1ccccc1. The number of rotatable bonds is 6. The number of nitrogens with zero attached hydrogens (tertiary/aromatic N) is 1.